The highest BCUT2D eigenvalue weighted by molar-refractivity contribution is 5.73. The molecule has 0 amide bonds. The number of ether oxygens (including phenoxy) is 1. The van der Waals surface area contributed by atoms with E-state index in [0.717, 1.165) is 0 Å². The Morgan fingerprint density at radius 1 is 1.53 bits per heavy atom. The molecule has 0 bridgehead atoms. The highest BCUT2D eigenvalue weighted by atomic mass is 16.5. The van der Waals surface area contributed by atoms with Gasteiger partial charge < -0.3 is 4.74 Å². The molecule has 2 rings (SSSR count). The molecule has 84 valence electrons. The lowest BCUT2D eigenvalue weighted by molar-refractivity contribution is 0.112. The normalized spacial score (nSPS) is 9.65. The summed E-state index contributed by atoms with van der Waals surface area (Å²) in [6, 6.07) is 1.91. The summed E-state index contributed by atoms with van der Waals surface area (Å²) < 4.78 is 6.27. The zero-order valence-corrected chi connectivity index (χ0v) is 8.86. The van der Waals surface area contributed by atoms with Gasteiger partial charge >= 0.3 is 0 Å². The molecule has 0 aliphatic rings. The highest BCUT2D eigenvalue weighted by Gasteiger charge is 2.09. The maximum atomic E-state index is 10.5. The van der Waals surface area contributed by atoms with Gasteiger partial charge in [-0.2, -0.15) is 15.3 Å². The number of aromatic nitrogens is 4. The first-order valence-electron chi connectivity index (χ1n) is 4.60. The molecule has 7 nitrogen and oxygen atoms in total. The summed E-state index contributed by atoms with van der Waals surface area (Å²) in [5.41, 5.74) is 0.649. The first-order chi connectivity index (χ1) is 8.28. The van der Waals surface area contributed by atoms with E-state index in [0.29, 0.717) is 11.8 Å². The fourth-order valence-corrected chi connectivity index (χ4v) is 1.21. The van der Waals surface area contributed by atoms with Crippen LogP contribution in [-0.4, -0.2) is 33.1 Å². The summed E-state index contributed by atoms with van der Waals surface area (Å²) in [6.45, 7) is 0. The van der Waals surface area contributed by atoms with Gasteiger partial charge in [0.15, 0.2) is 6.29 Å². The second kappa shape index (κ2) is 4.40. The average Bonchev–Trinajstić information content (AvgIpc) is 2.86. The minimum Gasteiger partial charge on any atom is -0.480 e. The second-order valence-electron chi connectivity index (χ2n) is 3.04. The van der Waals surface area contributed by atoms with Gasteiger partial charge in [-0.15, -0.1) is 0 Å². The standard InChI is InChI=1S/C10H7N5O2/c1-17-9-8(2-11)4-12-10(14-9)15-5-7(6-16)3-13-15/h3-6H,1H3. The number of nitrogens with zero attached hydrogens (tertiary/aromatic N) is 5. The monoisotopic (exact) mass is 229 g/mol. The molecule has 2 heterocycles. The predicted octanol–water partition coefficient (Wildman–Crippen LogP) is 0.355. The number of methoxy groups -OCH3 is 1. The third-order valence-electron chi connectivity index (χ3n) is 2.00. The molecule has 0 saturated heterocycles. The van der Waals surface area contributed by atoms with Crippen molar-refractivity contribution >= 4 is 6.29 Å². The summed E-state index contributed by atoms with van der Waals surface area (Å²) in [5.74, 6) is 0.398. The molecule has 0 atom stereocenters. The Morgan fingerprint density at radius 3 is 2.94 bits per heavy atom. The maximum absolute atomic E-state index is 10.5. The quantitative estimate of drug-likeness (QED) is 0.705. The highest BCUT2D eigenvalue weighted by Crippen LogP contribution is 2.14. The van der Waals surface area contributed by atoms with Gasteiger partial charge in [0, 0.05) is 6.20 Å². The molecule has 0 spiro atoms. The van der Waals surface area contributed by atoms with Crippen LogP contribution in [0, 0.1) is 11.3 Å². The maximum Gasteiger partial charge on any atom is 0.253 e. The van der Waals surface area contributed by atoms with Gasteiger partial charge in [0.1, 0.15) is 11.6 Å². The zero-order chi connectivity index (χ0) is 12.3. The van der Waals surface area contributed by atoms with Gasteiger partial charge in [0.2, 0.25) is 5.88 Å². The van der Waals surface area contributed by atoms with Crippen LogP contribution >= 0.6 is 0 Å². The van der Waals surface area contributed by atoms with E-state index in [9.17, 15) is 4.79 Å². The van der Waals surface area contributed by atoms with Crippen molar-refractivity contribution in [3.05, 3.63) is 29.7 Å². The third kappa shape index (κ3) is 1.96. The van der Waals surface area contributed by atoms with Gasteiger partial charge in [0.25, 0.3) is 5.95 Å². The largest absolute Gasteiger partial charge is 0.480 e. The predicted molar refractivity (Wildman–Crippen MR) is 55.8 cm³/mol. The van der Waals surface area contributed by atoms with Gasteiger partial charge in [-0.25, -0.2) is 9.67 Å². The number of rotatable bonds is 3. The van der Waals surface area contributed by atoms with Crippen LogP contribution in [0.15, 0.2) is 18.6 Å². The molecule has 0 N–H and O–H groups in total. The smallest absolute Gasteiger partial charge is 0.253 e. The van der Waals surface area contributed by atoms with Gasteiger partial charge in [0.05, 0.1) is 25.1 Å². The number of carbonyl (C=O) groups excluding carboxylic acids is 1. The Bertz CT molecular complexity index is 599. The van der Waals surface area contributed by atoms with Crippen molar-refractivity contribution < 1.29 is 9.53 Å². The van der Waals surface area contributed by atoms with Crippen molar-refractivity contribution in [1.29, 1.82) is 5.26 Å². The molecule has 2 aromatic heterocycles. The SMILES string of the molecule is COc1nc(-n2cc(C=O)cn2)ncc1C#N. The number of aldehydes is 1. The van der Waals surface area contributed by atoms with Crippen molar-refractivity contribution in [3.63, 3.8) is 0 Å². The Labute approximate surface area is 96.3 Å². The van der Waals surface area contributed by atoms with Gasteiger partial charge in [-0.3, -0.25) is 4.79 Å². The van der Waals surface area contributed by atoms with E-state index in [2.05, 4.69) is 15.1 Å². The van der Waals surface area contributed by atoms with E-state index in [1.165, 1.54) is 30.4 Å². The van der Waals surface area contributed by atoms with E-state index >= 15 is 0 Å². The topological polar surface area (TPSA) is 93.7 Å². The zero-order valence-electron chi connectivity index (χ0n) is 8.86. The lowest BCUT2D eigenvalue weighted by Gasteiger charge is -2.03. The molecule has 2 aromatic rings. The third-order valence-corrected chi connectivity index (χ3v) is 2.00. The van der Waals surface area contributed by atoms with Crippen LogP contribution in [0.1, 0.15) is 15.9 Å². The second-order valence-corrected chi connectivity index (χ2v) is 3.04. The fraction of sp³-hybridized carbons (Fsp3) is 0.100. The van der Waals surface area contributed by atoms with E-state index in [4.69, 9.17) is 10.00 Å². The Kier molecular flexibility index (Phi) is 2.79. The van der Waals surface area contributed by atoms with Crippen molar-refractivity contribution in [2.75, 3.05) is 7.11 Å². The van der Waals surface area contributed by atoms with E-state index in [1.54, 1.807) is 0 Å². The van der Waals surface area contributed by atoms with Crippen LogP contribution in [0.25, 0.3) is 5.95 Å². The Morgan fingerprint density at radius 2 is 2.35 bits per heavy atom. The molecule has 0 aliphatic carbocycles. The molecule has 7 heteroatoms. The summed E-state index contributed by atoms with van der Waals surface area (Å²) in [5, 5.41) is 12.7. The summed E-state index contributed by atoms with van der Waals surface area (Å²) in [7, 11) is 1.41. The van der Waals surface area contributed by atoms with Crippen LogP contribution in [0.3, 0.4) is 0 Å². The molecule has 0 fully saturated rings. The fourth-order valence-electron chi connectivity index (χ4n) is 1.21. The summed E-state index contributed by atoms with van der Waals surface area (Å²) in [4.78, 5) is 18.5. The number of hydrogen-bond donors (Lipinski definition) is 0. The van der Waals surface area contributed by atoms with Crippen molar-refractivity contribution in [1.82, 2.24) is 19.7 Å². The van der Waals surface area contributed by atoms with Crippen LogP contribution < -0.4 is 4.74 Å². The number of hydrogen-bond acceptors (Lipinski definition) is 6. The molecular weight excluding hydrogens is 222 g/mol. The van der Waals surface area contributed by atoms with Crippen molar-refractivity contribution in [2.45, 2.75) is 0 Å². The van der Waals surface area contributed by atoms with E-state index in [-0.39, 0.29) is 17.4 Å². The van der Waals surface area contributed by atoms with Crippen LogP contribution in [0.2, 0.25) is 0 Å². The number of carbonyl (C=O) groups is 1. The molecule has 0 aromatic carbocycles. The first-order valence-corrected chi connectivity index (χ1v) is 4.60. The molecular formula is C10H7N5O2. The minimum atomic E-state index is 0.167. The lowest BCUT2D eigenvalue weighted by atomic mass is 10.4. The Hall–Kier alpha value is -2.75. The van der Waals surface area contributed by atoms with Crippen LogP contribution in [0.5, 0.6) is 5.88 Å². The molecule has 17 heavy (non-hydrogen) atoms. The van der Waals surface area contributed by atoms with E-state index in [1.807, 2.05) is 6.07 Å². The summed E-state index contributed by atoms with van der Waals surface area (Å²) >= 11 is 0. The Balaban J connectivity index is 2.46. The molecule has 0 radical (unpaired) electrons. The number of nitriles is 1. The first kappa shape index (κ1) is 10.8. The van der Waals surface area contributed by atoms with Crippen LogP contribution in [-0.2, 0) is 0 Å². The summed E-state index contributed by atoms with van der Waals surface area (Å²) in [6.07, 6.45) is 4.88. The molecule has 0 aliphatic heterocycles. The van der Waals surface area contributed by atoms with Gasteiger partial charge in [-0.1, -0.05) is 0 Å². The van der Waals surface area contributed by atoms with Crippen molar-refractivity contribution in [3.8, 4) is 17.9 Å². The van der Waals surface area contributed by atoms with Crippen molar-refractivity contribution in [2.24, 2.45) is 0 Å². The minimum absolute atomic E-state index is 0.167. The van der Waals surface area contributed by atoms with Crippen LogP contribution in [0.4, 0.5) is 0 Å². The molecule has 0 saturated carbocycles. The average molecular weight is 229 g/mol. The van der Waals surface area contributed by atoms with Gasteiger partial charge in [-0.05, 0) is 0 Å². The lowest BCUT2D eigenvalue weighted by Crippen LogP contribution is -2.04. The molecule has 0 unspecified atom stereocenters. The van der Waals surface area contributed by atoms with E-state index < -0.39 is 0 Å².